The summed E-state index contributed by atoms with van der Waals surface area (Å²) >= 11 is 0. The number of para-hydroxylation sites is 1. The Labute approximate surface area is 183 Å². The Balaban J connectivity index is 0.000000221. The molecule has 1 heterocycles. The van der Waals surface area contributed by atoms with Crippen LogP contribution in [-0.2, 0) is 14.9 Å². The maximum absolute atomic E-state index is 11.0. The second-order valence-corrected chi connectivity index (χ2v) is 8.85. The Morgan fingerprint density at radius 3 is 2.39 bits per heavy atom. The third-order valence-corrected chi connectivity index (χ3v) is 5.22. The molecule has 0 fully saturated rings. The SMILES string of the molecule is CC(C)CN1C=CC(=O)NC1S(=O)(=O)O.Nc1cccc(C=Cc2ccccc2)c1N. The number of rotatable bonds is 5. The van der Waals surface area contributed by atoms with Crippen LogP contribution < -0.4 is 16.8 Å². The fourth-order valence-corrected chi connectivity index (χ4v) is 3.58. The lowest BCUT2D eigenvalue weighted by Gasteiger charge is -2.32. The van der Waals surface area contributed by atoms with Crippen molar-refractivity contribution in [3.05, 3.63) is 71.9 Å². The van der Waals surface area contributed by atoms with E-state index in [4.69, 9.17) is 16.0 Å². The van der Waals surface area contributed by atoms with Crippen molar-refractivity contribution < 1.29 is 17.8 Å². The van der Waals surface area contributed by atoms with Gasteiger partial charge in [0, 0.05) is 18.8 Å². The summed E-state index contributed by atoms with van der Waals surface area (Å²) < 4.78 is 30.9. The lowest BCUT2D eigenvalue weighted by molar-refractivity contribution is -0.118. The molecule has 31 heavy (non-hydrogen) atoms. The van der Waals surface area contributed by atoms with E-state index < -0.39 is 21.5 Å². The van der Waals surface area contributed by atoms with Gasteiger partial charge in [0.25, 0.3) is 0 Å². The van der Waals surface area contributed by atoms with Gasteiger partial charge in [0.15, 0.2) is 0 Å². The fraction of sp³-hybridized carbons (Fsp3) is 0.227. The number of amides is 1. The molecule has 2 aromatic carbocycles. The van der Waals surface area contributed by atoms with Gasteiger partial charge in [-0.1, -0.05) is 68.5 Å². The minimum Gasteiger partial charge on any atom is -0.397 e. The largest absolute Gasteiger partial charge is 0.397 e. The van der Waals surface area contributed by atoms with E-state index in [-0.39, 0.29) is 5.92 Å². The zero-order chi connectivity index (χ0) is 23.0. The summed E-state index contributed by atoms with van der Waals surface area (Å²) in [6.45, 7) is 4.25. The van der Waals surface area contributed by atoms with Crippen LogP contribution >= 0.6 is 0 Å². The Morgan fingerprint density at radius 2 is 1.77 bits per heavy atom. The predicted molar refractivity (Wildman–Crippen MR) is 125 cm³/mol. The lowest BCUT2D eigenvalue weighted by atomic mass is 10.1. The molecule has 1 unspecified atom stereocenters. The van der Waals surface area contributed by atoms with Crippen molar-refractivity contribution in [1.82, 2.24) is 10.2 Å². The molecule has 9 heteroatoms. The van der Waals surface area contributed by atoms with Gasteiger partial charge in [0.05, 0.1) is 11.4 Å². The van der Waals surface area contributed by atoms with Crippen LogP contribution in [0.4, 0.5) is 11.4 Å². The minimum absolute atomic E-state index is 0.217. The number of nitrogens with zero attached hydrogens (tertiary/aromatic N) is 1. The van der Waals surface area contributed by atoms with Crippen molar-refractivity contribution >= 4 is 39.6 Å². The standard InChI is InChI=1S/C14H14N2.C8H14N2O4S/c15-13-8-4-7-12(14(13)16)10-9-11-5-2-1-3-6-11;1-6(2)5-10-4-3-7(11)9-8(10)15(12,13)14/h1-10H,15-16H2;3-4,6,8H,5H2,1-2H3,(H,9,11)(H,12,13,14). The summed E-state index contributed by atoms with van der Waals surface area (Å²) in [5, 5.41) is 2.17. The van der Waals surface area contributed by atoms with Gasteiger partial charge >= 0.3 is 10.1 Å². The molecule has 1 aliphatic rings. The Bertz CT molecular complexity index is 1050. The Kier molecular flexibility index (Phi) is 8.23. The molecule has 0 spiro atoms. The fourth-order valence-electron chi connectivity index (χ4n) is 2.82. The molecular weight excluding hydrogens is 416 g/mol. The van der Waals surface area contributed by atoms with Crippen LogP contribution in [0.1, 0.15) is 25.0 Å². The van der Waals surface area contributed by atoms with Crippen molar-refractivity contribution in [3.63, 3.8) is 0 Å². The number of nitrogen functional groups attached to an aromatic ring is 2. The van der Waals surface area contributed by atoms with Crippen LogP contribution in [0.15, 0.2) is 60.8 Å². The smallest absolute Gasteiger partial charge is 0.306 e. The molecule has 0 radical (unpaired) electrons. The Hall–Kier alpha value is -3.30. The molecule has 0 saturated carbocycles. The van der Waals surface area contributed by atoms with Crippen LogP contribution in [0.2, 0.25) is 0 Å². The highest BCUT2D eigenvalue weighted by molar-refractivity contribution is 7.86. The molecule has 0 saturated heterocycles. The normalized spacial score (nSPS) is 16.2. The number of hydrogen-bond acceptors (Lipinski definition) is 6. The summed E-state index contributed by atoms with van der Waals surface area (Å²) in [6, 6.07) is 15.7. The molecule has 3 rings (SSSR count). The number of nitrogens with two attached hydrogens (primary N) is 2. The third kappa shape index (κ3) is 7.47. The first-order chi connectivity index (χ1) is 14.6. The highest BCUT2D eigenvalue weighted by Gasteiger charge is 2.32. The molecule has 0 aliphatic carbocycles. The molecule has 1 atom stereocenters. The van der Waals surface area contributed by atoms with Gasteiger partial charge in [-0.25, -0.2) is 0 Å². The monoisotopic (exact) mass is 444 g/mol. The second kappa shape index (κ2) is 10.6. The topological polar surface area (TPSA) is 139 Å². The van der Waals surface area contributed by atoms with Crippen LogP contribution in [0.3, 0.4) is 0 Å². The molecular formula is C22H28N4O4S. The first-order valence-corrected chi connectivity index (χ1v) is 11.2. The van der Waals surface area contributed by atoms with E-state index in [1.807, 2.05) is 68.5 Å². The number of benzene rings is 2. The zero-order valence-corrected chi connectivity index (χ0v) is 18.3. The molecule has 0 bridgehead atoms. The average Bonchev–Trinajstić information content (AvgIpc) is 2.71. The number of nitrogens with one attached hydrogen (secondary N) is 1. The van der Waals surface area contributed by atoms with E-state index in [0.29, 0.717) is 17.9 Å². The number of anilines is 2. The summed E-state index contributed by atoms with van der Waals surface area (Å²) in [4.78, 5) is 12.3. The Morgan fingerprint density at radius 1 is 1.10 bits per heavy atom. The molecule has 1 amide bonds. The van der Waals surface area contributed by atoms with E-state index in [0.717, 1.165) is 11.1 Å². The maximum Gasteiger partial charge on any atom is 0.306 e. The number of carbonyl (C=O) groups is 1. The number of hydrogen-bond donors (Lipinski definition) is 4. The summed E-state index contributed by atoms with van der Waals surface area (Å²) in [5.74, 6) is -0.313. The van der Waals surface area contributed by atoms with E-state index in [9.17, 15) is 13.2 Å². The van der Waals surface area contributed by atoms with Crippen molar-refractivity contribution in [2.75, 3.05) is 18.0 Å². The van der Waals surface area contributed by atoms with E-state index in [1.54, 1.807) is 6.07 Å². The van der Waals surface area contributed by atoms with Gasteiger partial charge < -0.3 is 21.7 Å². The molecule has 1 aliphatic heterocycles. The third-order valence-electron chi connectivity index (χ3n) is 4.27. The molecule has 6 N–H and O–H groups in total. The van der Waals surface area contributed by atoms with Crippen molar-refractivity contribution in [1.29, 1.82) is 0 Å². The van der Waals surface area contributed by atoms with Gasteiger partial charge in [0.1, 0.15) is 0 Å². The van der Waals surface area contributed by atoms with Gasteiger partial charge in [-0.15, -0.1) is 0 Å². The first-order valence-electron chi connectivity index (χ1n) is 9.65. The molecule has 2 aromatic rings. The minimum atomic E-state index is -4.31. The maximum atomic E-state index is 11.0. The molecule has 8 nitrogen and oxygen atoms in total. The summed E-state index contributed by atoms with van der Waals surface area (Å²) in [6.07, 6.45) is 6.59. The van der Waals surface area contributed by atoms with Crippen molar-refractivity contribution in [2.24, 2.45) is 5.92 Å². The second-order valence-electron chi connectivity index (χ2n) is 7.38. The average molecular weight is 445 g/mol. The summed E-state index contributed by atoms with van der Waals surface area (Å²) in [5.41, 5.74) is 13.6. The first kappa shape index (κ1) is 24.0. The predicted octanol–water partition coefficient (Wildman–Crippen LogP) is 2.78. The van der Waals surface area contributed by atoms with Gasteiger partial charge in [-0.2, -0.15) is 8.42 Å². The van der Waals surface area contributed by atoms with Crippen LogP contribution in [0.25, 0.3) is 12.2 Å². The highest BCUT2D eigenvalue weighted by Crippen LogP contribution is 2.21. The molecule has 0 aromatic heterocycles. The van der Waals surface area contributed by atoms with Crippen LogP contribution in [0, 0.1) is 5.92 Å². The lowest BCUT2D eigenvalue weighted by Crippen LogP contribution is -2.53. The number of carbonyl (C=O) groups excluding carboxylic acids is 1. The zero-order valence-electron chi connectivity index (χ0n) is 17.5. The van der Waals surface area contributed by atoms with E-state index >= 15 is 0 Å². The highest BCUT2D eigenvalue weighted by atomic mass is 32.2. The van der Waals surface area contributed by atoms with Crippen LogP contribution in [-0.4, -0.2) is 35.8 Å². The van der Waals surface area contributed by atoms with Gasteiger partial charge in [0.2, 0.25) is 11.4 Å². The van der Waals surface area contributed by atoms with E-state index in [1.165, 1.54) is 17.2 Å². The van der Waals surface area contributed by atoms with Gasteiger partial charge in [-0.05, 0) is 23.1 Å². The summed E-state index contributed by atoms with van der Waals surface area (Å²) in [7, 11) is -4.31. The van der Waals surface area contributed by atoms with Crippen LogP contribution in [0.5, 0.6) is 0 Å². The van der Waals surface area contributed by atoms with Crippen molar-refractivity contribution in [2.45, 2.75) is 19.3 Å². The van der Waals surface area contributed by atoms with E-state index in [2.05, 4.69) is 5.32 Å². The molecule has 166 valence electrons. The quantitative estimate of drug-likeness (QED) is 0.316. The van der Waals surface area contributed by atoms with Crippen molar-refractivity contribution in [3.8, 4) is 0 Å². The van der Waals surface area contributed by atoms with Gasteiger partial charge in [-0.3, -0.25) is 9.35 Å².